The summed E-state index contributed by atoms with van der Waals surface area (Å²) in [5.41, 5.74) is 1.25. The van der Waals surface area contributed by atoms with Gasteiger partial charge in [0.05, 0.1) is 7.11 Å². The molecule has 0 amide bonds. The van der Waals surface area contributed by atoms with Crippen LogP contribution in [0, 0.1) is 0 Å². The van der Waals surface area contributed by atoms with Crippen LogP contribution in [-0.4, -0.2) is 33.4 Å². The van der Waals surface area contributed by atoms with E-state index in [0.29, 0.717) is 6.04 Å². The zero-order valence-corrected chi connectivity index (χ0v) is 11.7. The smallest absolute Gasteiger partial charge is 0.122 e. The summed E-state index contributed by atoms with van der Waals surface area (Å²) in [5.74, 6) is 0.965. The molecule has 0 aliphatic rings. The first kappa shape index (κ1) is 15.0. The highest BCUT2D eigenvalue weighted by molar-refractivity contribution is 5.33. The summed E-state index contributed by atoms with van der Waals surface area (Å²) in [6, 6.07) is 8.61. The minimum absolute atomic E-state index is 0.429. The van der Waals surface area contributed by atoms with Gasteiger partial charge in [0.25, 0.3) is 0 Å². The first-order chi connectivity index (χ1) is 8.81. The molecule has 3 nitrogen and oxygen atoms in total. The van der Waals surface area contributed by atoms with E-state index in [1.54, 1.807) is 7.11 Å². The topological polar surface area (TPSA) is 30.5 Å². The summed E-state index contributed by atoms with van der Waals surface area (Å²) in [6.07, 6.45) is 3.07. The lowest BCUT2D eigenvalue weighted by Crippen LogP contribution is -2.29. The maximum absolute atomic E-state index is 5.54. The van der Waals surface area contributed by atoms with Crippen LogP contribution in [0.4, 0.5) is 0 Å². The molecule has 1 atom stereocenters. The van der Waals surface area contributed by atoms with E-state index in [1.165, 1.54) is 5.56 Å². The normalized spacial score (nSPS) is 12.4. The molecule has 1 rings (SSSR count). The minimum atomic E-state index is 0.429. The zero-order chi connectivity index (χ0) is 13.2. The molecule has 1 aromatic rings. The molecule has 0 aliphatic carbocycles. The van der Waals surface area contributed by atoms with Crippen molar-refractivity contribution in [2.24, 2.45) is 0 Å². The molecule has 0 aromatic heterocycles. The molecule has 1 N–H and O–H groups in total. The average molecular weight is 251 g/mol. The Balaban J connectivity index is 2.46. The first-order valence-corrected chi connectivity index (χ1v) is 6.68. The van der Waals surface area contributed by atoms with Gasteiger partial charge >= 0.3 is 0 Å². The van der Waals surface area contributed by atoms with Crippen LogP contribution in [0.25, 0.3) is 0 Å². The van der Waals surface area contributed by atoms with Crippen molar-refractivity contribution in [2.75, 3.05) is 27.4 Å². The lowest BCUT2D eigenvalue weighted by Gasteiger charge is -2.17. The van der Waals surface area contributed by atoms with Crippen LogP contribution in [-0.2, 0) is 11.2 Å². The van der Waals surface area contributed by atoms with Crippen molar-refractivity contribution in [3.63, 3.8) is 0 Å². The van der Waals surface area contributed by atoms with Gasteiger partial charge < -0.3 is 14.8 Å². The monoisotopic (exact) mass is 251 g/mol. The van der Waals surface area contributed by atoms with Crippen molar-refractivity contribution in [3.8, 4) is 5.75 Å². The molecule has 0 saturated carbocycles. The lowest BCUT2D eigenvalue weighted by atomic mass is 10.0. The fraction of sp³-hybridized carbons (Fsp3) is 0.600. The predicted octanol–water partition coefficient (Wildman–Crippen LogP) is 2.64. The number of ether oxygens (including phenoxy) is 2. The van der Waals surface area contributed by atoms with E-state index in [0.717, 1.165) is 38.2 Å². The van der Waals surface area contributed by atoms with Crippen LogP contribution >= 0.6 is 0 Å². The summed E-state index contributed by atoms with van der Waals surface area (Å²) < 4.78 is 10.9. The van der Waals surface area contributed by atoms with Crippen molar-refractivity contribution < 1.29 is 9.47 Å². The SMILES string of the molecule is CCCOCCC(Cc1ccccc1OC)NC. The molecule has 102 valence electrons. The predicted molar refractivity (Wildman–Crippen MR) is 75.3 cm³/mol. The van der Waals surface area contributed by atoms with E-state index in [4.69, 9.17) is 9.47 Å². The molecule has 1 aromatic carbocycles. The molecule has 1 unspecified atom stereocenters. The molecule has 0 heterocycles. The lowest BCUT2D eigenvalue weighted by molar-refractivity contribution is 0.125. The highest BCUT2D eigenvalue weighted by atomic mass is 16.5. The number of para-hydroxylation sites is 1. The van der Waals surface area contributed by atoms with Gasteiger partial charge in [0.2, 0.25) is 0 Å². The van der Waals surface area contributed by atoms with Crippen molar-refractivity contribution in [1.82, 2.24) is 5.32 Å². The Labute approximate surface area is 110 Å². The van der Waals surface area contributed by atoms with Crippen molar-refractivity contribution in [2.45, 2.75) is 32.2 Å². The number of likely N-dealkylation sites (N-methyl/N-ethyl adjacent to an activating group) is 1. The second-order valence-electron chi connectivity index (χ2n) is 4.40. The van der Waals surface area contributed by atoms with Crippen LogP contribution in [0.5, 0.6) is 5.75 Å². The Morgan fingerprint density at radius 3 is 2.67 bits per heavy atom. The van der Waals surface area contributed by atoms with E-state index in [-0.39, 0.29) is 0 Å². The number of rotatable bonds is 9. The molecule has 0 bridgehead atoms. The van der Waals surface area contributed by atoms with Crippen LogP contribution in [0.3, 0.4) is 0 Å². The number of hydrogen-bond donors (Lipinski definition) is 1. The van der Waals surface area contributed by atoms with Gasteiger partial charge in [-0.25, -0.2) is 0 Å². The van der Waals surface area contributed by atoms with E-state index in [2.05, 4.69) is 24.4 Å². The van der Waals surface area contributed by atoms with Gasteiger partial charge in [-0.05, 0) is 37.9 Å². The Bertz CT molecular complexity index is 328. The molecule has 0 aliphatic heterocycles. The van der Waals surface area contributed by atoms with Crippen LogP contribution < -0.4 is 10.1 Å². The van der Waals surface area contributed by atoms with Crippen LogP contribution in [0.15, 0.2) is 24.3 Å². The molecular weight excluding hydrogens is 226 g/mol. The van der Waals surface area contributed by atoms with E-state index >= 15 is 0 Å². The molecular formula is C15H25NO2. The number of benzene rings is 1. The summed E-state index contributed by atoms with van der Waals surface area (Å²) in [5, 5.41) is 3.34. The van der Waals surface area contributed by atoms with Gasteiger partial charge in [0, 0.05) is 19.3 Å². The summed E-state index contributed by atoms with van der Waals surface area (Å²) in [4.78, 5) is 0. The highest BCUT2D eigenvalue weighted by Crippen LogP contribution is 2.19. The van der Waals surface area contributed by atoms with E-state index in [1.807, 2.05) is 19.2 Å². The second kappa shape index (κ2) is 8.95. The highest BCUT2D eigenvalue weighted by Gasteiger charge is 2.10. The van der Waals surface area contributed by atoms with E-state index < -0.39 is 0 Å². The maximum Gasteiger partial charge on any atom is 0.122 e. The molecule has 0 radical (unpaired) electrons. The Hall–Kier alpha value is -1.06. The van der Waals surface area contributed by atoms with Crippen molar-refractivity contribution >= 4 is 0 Å². The van der Waals surface area contributed by atoms with Gasteiger partial charge in [-0.1, -0.05) is 25.1 Å². The number of nitrogens with one attached hydrogen (secondary N) is 1. The quantitative estimate of drug-likeness (QED) is 0.684. The fourth-order valence-corrected chi connectivity index (χ4v) is 1.96. The van der Waals surface area contributed by atoms with Gasteiger partial charge in [0.15, 0.2) is 0 Å². The summed E-state index contributed by atoms with van der Waals surface area (Å²) >= 11 is 0. The first-order valence-electron chi connectivity index (χ1n) is 6.68. The molecule has 3 heteroatoms. The summed E-state index contributed by atoms with van der Waals surface area (Å²) in [6.45, 7) is 3.80. The van der Waals surface area contributed by atoms with Crippen molar-refractivity contribution in [3.05, 3.63) is 29.8 Å². The molecule has 18 heavy (non-hydrogen) atoms. The van der Waals surface area contributed by atoms with Gasteiger partial charge in [-0.2, -0.15) is 0 Å². The third-order valence-corrected chi connectivity index (χ3v) is 3.03. The van der Waals surface area contributed by atoms with Gasteiger partial charge in [-0.15, -0.1) is 0 Å². The maximum atomic E-state index is 5.54. The second-order valence-corrected chi connectivity index (χ2v) is 4.40. The fourth-order valence-electron chi connectivity index (χ4n) is 1.96. The van der Waals surface area contributed by atoms with Crippen LogP contribution in [0.2, 0.25) is 0 Å². The average Bonchev–Trinajstić information content (AvgIpc) is 2.42. The third kappa shape index (κ3) is 5.07. The Morgan fingerprint density at radius 2 is 2.00 bits per heavy atom. The summed E-state index contributed by atoms with van der Waals surface area (Å²) in [7, 11) is 3.72. The van der Waals surface area contributed by atoms with Gasteiger partial charge in [0.1, 0.15) is 5.75 Å². The largest absolute Gasteiger partial charge is 0.496 e. The number of methoxy groups -OCH3 is 1. The standard InChI is InChI=1S/C15H25NO2/c1-4-10-18-11-9-14(16-2)12-13-7-5-6-8-15(13)17-3/h5-8,14,16H,4,9-12H2,1-3H3. The third-order valence-electron chi connectivity index (χ3n) is 3.03. The van der Waals surface area contributed by atoms with Crippen LogP contribution in [0.1, 0.15) is 25.3 Å². The molecule has 0 fully saturated rings. The number of hydrogen-bond acceptors (Lipinski definition) is 3. The Morgan fingerprint density at radius 1 is 1.22 bits per heavy atom. The van der Waals surface area contributed by atoms with E-state index in [9.17, 15) is 0 Å². The van der Waals surface area contributed by atoms with Crippen molar-refractivity contribution in [1.29, 1.82) is 0 Å². The molecule has 0 spiro atoms. The minimum Gasteiger partial charge on any atom is -0.496 e. The zero-order valence-electron chi connectivity index (χ0n) is 11.7. The Kier molecular flexibility index (Phi) is 7.46. The van der Waals surface area contributed by atoms with Gasteiger partial charge in [-0.3, -0.25) is 0 Å². The molecule has 0 saturated heterocycles.